The first kappa shape index (κ1) is 23.4. The van der Waals surface area contributed by atoms with E-state index in [0.717, 1.165) is 27.7 Å². The van der Waals surface area contributed by atoms with Crippen LogP contribution in [0.25, 0.3) is 0 Å². The van der Waals surface area contributed by atoms with Crippen molar-refractivity contribution in [3.63, 3.8) is 0 Å². The molecule has 0 spiro atoms. The van der Waals surface area contributed by atoms with Gasteiger partial charge >= 0.3 is 6.18 Å². The Morgan fingerprint density at radius 2 is 2.03 bits per heavy atom. The number of aromatic nitrogens is 1. The van der Waals surface area contributed by atoms with Crippen LogP contribution < -0.4 is 10.1 Å². The van der Waals surface area contributed by atoms with Gasteiger partial charge in [0.15, 0.2) is 11.6 Å². The van der Waals surface area contributed by atoms with Crippen LogP contribution in [-0.2, 0) is 17.4 Å². The number of benzene rings is 2. The Hall–Kier alpha value is -2.78. The molecule has 5 nitrogen and oxygen atoms in total. The molecule has 4 rings (SSSR count). The van der Waals surface area contributed by atoms with E-state index in [0.29, 0.717) is 24.4 Å². The molecule has 0 amide bonds. The van der Waals surface area contributed by atoms with E-state index < -0.39 is 11.7 Å². The van der Waals surface area contributed by atoms with E-state index in [1.165, 1.54) is 24.4 Å². The normalized spacial score (nSPS) is 15.9. The molecule has 0 saturated carbocycles. The van der Waals surface area contributed by atoms with Crippen LogP contribution in [0.1, 0.15) is 22.3 Å². The Morgan fingerprint density at radius 1 is 1.21 bits per heavy atom. The number of nitrogens with one attached hydrogen (secondary N) is 1. The number of pyridine rings is 1. The number of rotatable bonds is 5. The van der Waals surface area contributed by atoms with Gasteiger partial charge in [0.2, 0.25) is 0 Å². The topological polar surface area (TPSA) is 55.7 Å². The summed E-state index contributed by atoms with van der Waals surface area (Å²) in [5, 5.41) is 7.57. The molecule has 10 heteroatoms. The minimum Gasteiger partial charge on any atom is -0.455 e. The van der Waals surface area contributed by atoms with E-state index in [4.69, 9.17) is 21.2 Å². The number of nitrogens with zero attached hydrogens (tertiary/aromatic N) is 2. The van der Waals surface area contributed by atoms with Gasteiger partial charge in [0, 0.05) is 4.47 Å². The lowest BCUT2D eigenvalue weighted by molar-refractivity contribution is -0.137. The number of halogens is 5. The zero-order chi connectivity index (χ0) is 23.6. The monoisotopic (exact) mass is 539 g/mol. The third-order valence-electron chi connectivity index (χ3n) is 5.02. The molecular formula is C23H18BrClF3N3O2. The van der Waals surface area contributed by atoms with E-state index >= 15 is 0 Å². The summed E-state index contributed by atoms with van der Waals surface area (Å²) in [6, 6.07) is 12.1. The zero-order valence-electron chi connectivity index (χ0n) is 17.3. The summed E-state index contributed by atoms with van der Waals surface area (Å²) in [5.41, 5.74) is 1.89. The van der Waals surface area contributed by atoms with Crippen molar-refractivity contribution in [2.45, 2.75) is 25.6 Å². The summed E-state index contributed by atoms with van der Waals surface area (Å²) < 4.78 is 45.9. The summed E-state index contributed by atoms with van der Waals surface area (Å²) in [6.45, 7) is 2.38. The van der Waals surface area contributed by atoms with Crippen LogP contribution in [0.4, 0.5) is 13.2 Å². The Balaban J connectivity index is 1.58. The summed E-state index contributed by atoms with van der Waals surface area (Å²) in [5.74, 6) is 0.552. The van der Waals surface area contributed by atoms with Crippen molar-refractivity contribution in [1.29, 1.82) is 0 Å². The Bertz CT molecular complexity index is 1200. The summed E-state index contributed by atoms with van der Waals surface area (Å²) in [4.78, 5) is 9.44. The largest absolute Gasteiger partial charge is 0.455 e. The van der Waals surface area contributed by atoms with Gasteiger partial charge in [0.1, 0.15) is 17.5 Å². The highest BCUT2D eigenvalue weighted by Crippen LogP contribution is 2.34. The van der Waals surface area contributed by atoms with Gasteiger partial charge in [-0.15, -0.1) is 0 Å². The number of oxime groups is 1. The smallest absolute Gasteiger partial charge is 0.416 e. The molecular weight excluding hydrogens is 523 g/mol. The molecule has 0 aliphatic carbocycles. The van der Waals surface area contributed by atoms with Gasteiger partial charge < -0.3 is 14.9 Å². The molecule has 33 heavy (non-hydrogen) atoms. The van der Waals surface area contributed by atoms with Crippen LogP contribution in [0.15, 0.2) is 64.4 Å². The summed E-state index contributed by atoms with van der Waals surface area (Å²) >= 11 is 9.55. The molecule has 2 heterocycles. The Kier molecular flexibility index (Phi) is 6.81. The van der Waals surface area contributed by atoms with Crippen molar-refractivity contribution < 1.29 is 22.7 Å². The predicted octanol–water partition coefficient (Wildman–Crippen LogP) is 6.51. The van der Waals surface area contributed by atoms with E-state index in [2.05, 4.69) is 31.4 Å². The van der Waals surface area contributed by atoms with Crippen LogP contribution in [0.5, 0.6) is 11.5 Å². The quantitative estimate of drug-likeness (QED) is 0.375. The van der Waals surface area contributed by atoms with Gasteiger partial charge in [-0.05, 0) is 60.9 Å². The predicted molar refractivity (Wildman–Crippen MR) is 123 cm³/mol. The molecule has 2 aromatic carbocycles. The number of hydrogen-bond acceptors (Lipinski definition) is 5. The van der Waals surface area contributed by atoms with Gasteiger partial charge in [0.25, 0.3) is 0 Å². The Morgan fingerprint density at radius 3 is 2.79 bits per heavy atom. The van der Waals surface area contributed by atoms with Crippen molar-refractivity contribution in [3.05, 3.63) is 86.6 Å². The zero-order valence-corrected chi connectivity index (χ0v) is 19.6. The number of hydrogen-bond donors (Lipinski definition) is 1. The van der Waals surface area contributed by atoms with Crippen LogP contribution >= 0.6 is 27.5 Å². The highest BCUT2D eigenvalue weighted by Gasteiger charge is 2.31. The maximum atomic E-state index is 13.1. The van der Waals surface area contributed by atoms with Crippen LogP contribution in [0.2, 0.25) is 5.15 Å². The van der Waals surface area contributed by atoms with Crippen molar-refractivity contribution in [2.75, 3.05) is 6.61 Å². The van der Waals surface area contributed by atoms with E-state index in [-0.39, 0.29) is 22.7 Å². The van der Waals surface area contributed by atoms with Gasteiger partial charge in [-0.25, -0.2) is 4.98 Å². The molecule has 1 aliphatic heterocycles. The number of aryl methyl sites for hydroxylation is 1. The SMILES string of the molecule is Cc1cc(Br)ccc1C[C@@H]1CON=C(c2cc(Cl)ncc2Oc2cccc(C(F)(F)F)c2)N1. The fraction of sp³-hybridized carbons (Fsp3) is 0.217. The van der Waals surface area contributed by atoms with Crippen molar-refractivity contribution in [1.82, 2.24) is 10.3 Å². The molecule has 3 aromatic rings. The second-order valence-electron chi connectivity index (χ2n) is 7.48. The van der Waals surface area contributed by atoms with Gasteiger partial charge in [-0.1, -0.05) is 44.8 Å². The second kappa shape index (κ2) is 9.61. The van der Waals surface area contributed by atoms with Gasteiger partial charge in [-0.3, -0.25) is 0 Å². The average molecular weight is 541 g/mol. The van der Waals surface area contributed by atoms with E-state index in [1.54, 1.807) is 0 Å². The molecule has 1 aliphatic rings. The molecule has 0 bridgehead atoms. The van der Waals surface area contributed by atoms with Crippen molar-refractivity contribution >= 4 is 33.4 Å². The fourth-order valence-electron chi connectivity index (χ4n) is 3.39. The molecule has 0 saturated heterocycles. The van der Waals surface area contributed by atoms with Crippen LogP contribution in [-0.4, -0.2) is 23.5 Å². The number of alkyl halides is 3. The minimum absolute atomic E-state index is 0.00885. The van der Waals surface area contributed by atoms with Crippen molar-refractivity contribution in [3.8, 4) is 11.5 Å². The summed E-state index contributed by atoms with van der Waals surface area (Å²) in [7, 11) is 0. The minimum atomic E-state index is -4.48. The first-order chi connectivity index (χ1) is 15.7. The number of ether oxygens (including phenoxy) is 1. The standard InChI is InChI=1S/C23H18BrClF3N3O2/c1-13-7-16(24)6-5-14(13)8-17-12-32-31-22(30-17)19-10-21(25)29-11-20(19)33-18-4-2-3-15(9-18)23(26,27)28/h2-7,9-11,17H,8,12H2,1H3,(H,30,31)/t17-/m1/s1. The third kappa shape index (κ3) is 5.78. The van der Waals surface area contributed by atoms with E-state index in [1.807, 2.05) is 25.1 Å². The van der Waals surface area contributed by atoms with Gasteiger partial charge in [-0.2, -0.15) is 13.2 Å². The van der Waals surface area contributed by atoms with Crippen LogP contribution in [0.3, 0.4) is 0 Å². The first-order valence-electron chi connectivity index (χ1n) is 9.91. The van der Waals surface area contributed by atoms with Gasteiger partial charge in [0.05, 0.1) is 23.4 Å². The molecule has 0 radical (unpaired) electrons. The molecule has 1 aromatic heterocycles. The van der Waals surface area contributed by atoms with E-state index in [9.17, 15) is 13.2 Å². The third-order valence-corrected chi connectivity index (χ3v) is 5.72. The Labute approximate surface area is 201 Å². The first-order valence-corrected chi connectivity index (χ1v) is 11.1. The summed E-state index contributed by atoms with van der Waals surface area (Å²) in [6.07, 6.45) is -2.47. The van der Waals surface area contributed by atoms with Crippen LogP contribution in [0, 0.1) is 6.92 Å². The molecule has 1 N–H and O–H groups in total. The lowest BCUT2D eigenvalue weighted by atomic mass is 10.0. The average Bonchev–Trinajstić information content (AvgIpc) is 2.77. The number of amidine groups is 1. The highest BCUT2D eigenvalue weighted by atomic mass is 79.9. The fourth-order valence-corrected chi connectivity index (χ4v) is 4.02. The molecule has 1 atom stereocenters. The van der Waals surface area contributed by atoms with Crippen molar-refractivity contribution in [2.24, 2.45) is 5.16 Å². The lowest BCUT2D eigenvalue weighted by Crippen LogP contribution is -2.43. The second-order valence-corrected chi connectivity index (χ2v) is 8.79. The molecule has 0 unspecified atom stereocenters. The highest BCUT2D eigenvalue weighted by molar-refractivity contribution is 9.10. The lowest BCUT2D eigenvalue weighted by Gasteiger charge is -2.25. The molecule has 0 fully saturated rings. The maximum absolute atomic E-state index is 13.1. The maximum Gasteiger partial charge on any atom is 0.416 e. The molecule has 172 valence electrons.